The lowest BCUT2D eigenvalue weighted by atomic mass is 10.2. The van der Waals surface area contributed by atoms with Crippen molar-refractivity contribution in [1.29, 1.82) is 0 Å². The number of amides is 2. The van der Waals surface area contributed by atoms with Gasteiger partial charge in [-0.15, -0.1) is 11.3 Å². The Bertz CT molecular complexity index is 1170. The van der Waals surface area contributed by atoms with Gasteiger partial charge < -0.3 is 15.0 Å². The van der Waals surface area contributed by atoms with Crippen LogP contribution in [0.4, 0.5) is 15.3 Å². The Kier molecular flexibility index (Phi) is 7.43. The number of halogens is 1. The highest BCUT2D eigenvalue weighted by atomic mass is 32.1. The van der Waals surface area contributed by atoms with E-state index in [9.17, 15) is 14.0 Å². The van der Waals surface area contributed by atoms with Crippen molar-refractivity contribution in [1.82, 2.24) is 20.3 Å². The Morgan fingerprint density at radius 2 is 2.09 bits per heavy atom. The minimum atomic E-state index is -0.607. The molecule has 2 N–H and O–H groups in total. The molecule has 0 radical (unpaired) electrons. The second-order valence-corrected chi connectivity index (χ2v) is 8.84. The third-order valence-corrected chi connectivity index (χ3v) is 6.32. The molecule has 0 aliphatic carbocycles. The molecular formula is C23H25FN6O3S. The van der Waals surface area contributed by atoms with Crippen molar-refractivity contribution >= 4 is 34.1 Å². The smallest absolute Gasteiger partial charge is 0.260 e. The number of methoxy groups -OCH3 is 1. The van der Waals surface area contributed by atoms with Crippen molar-refractivity contribution in [2.45, 2.75) is 31.9 Å². The molecule has 0 unspecified atom stereocenters. The number of nitrogens with one attached hydrogen (secondary N) is 2. The van der Waals surface area contributed by atoms with Crippen molar-refractivity contribution < 1.29 is 18.7 Å². The molecule has 9 nitrogen and oxygen atoms in total. The first-order valence-corrected chi connectivity index (χ1v) is 11.7. The topological polar surface area (TPSA) is 109 Å². The molecule has 178 valence electrons. The van der Waals surface area contributed by atoms with Crippen molar-refractivity contribution in [3.05, 3.63) is 64.8 Å². The van der Waals surface area contributed by atoms with Crippen LogP contribution >= 0.6 is 11.3 Å². The van der Waals surface area contributed by atoms with Crippen LogP contribution in [0.15, 0.2) is 42.0 Å². The van der Waals surface area contributed by atoms with Crippen LogP contribution in [-0.4, -0.2) is 59.1 Å². The Hall–Kier alpha value is -3.44. The summed E-state index contributed by atoms with van der Waals surface area (Å²) in [5.74, 6) is -0.622. The van der Waals surface area contributed by atoms with Crippen LogP contribution in [0.3, 0.4) is 0 Å². The second kappa shape index (κ2) is 10.7. The molecule has 1 fully saturated rings. The highest BCUT2D eigenvalue weighted by Gasteiger charge is 2.33. The number of nitrogens with zero attached hydrogens (tertiary/aromatic N) is 4. The van der Waals surface area contributed by atoms with E-state index in [4.69, 9.17) is 4.74 Å². The first kappa shape index (κ1) is 23.7. The van der Waals surface area contributed by atoms with Crippen LogP contribution in [0.1, 0.15) is 28.2 Å². The number of hydrogen-bond donors (Lipinski definition) is 2. The zero-order valence-electron chi connectivity index (χ0n) is 18.8. The van der Waals surface area contributed by atoms with E-state index in [-0.39, 0.29) is 30.0 Å². The largest absolute Gasteiger partial charge is 0.380 e. The summed E-state index contributed by atoms with van der Waals surface area (Å²) >= 11 is 1.18. The molecule has 0 saturated carbocycles. The van der Waals surface area contributed by atoms with Gasteiger partial charge in [0.1, 0.15) is 11.6 Å². The van der Waals surface area contributed by atoms with Gasteiger partial charge in [-0.1, -0.05) is 12.1 Å². The van der Waals surface area contributed by atoms with Gasteiger partial charge in [0.15, 0.2) is 5.13 Å². The zero-order chi connectivity index (χ0) is 24.1. The molecule has 3 heterocycles. The van der Waals surface area contributed by atoms with Gasteiger partial charge in [-0.2, -0.15) is 0 Å². The highest BCUT2D eigenvalue weighted by Crippen LogP contribution is 2.25. The number of anilines is 2. The molecule has 0 bridgehead atoms. The lowest BCUT2D eigenvalue weighted by Crippen LogP contribution is -2.41. The lowest BCUT2D eigenvalue weighted by molar-refractivity contribution is -0.120. The Morgan fingerprint density at radius 3 is 2.85 bits per heavy atom. The minimum absolute atomic E-state index is 0.0241. The maximum Gasteiger partial charge on any atom is 0.260 e. The normalized spacial score (nSPS) is 17.6. The quantitative estimate of drug-likeness (QED) is 0.506. The zero-order valence-corrected chi connectivity index (χ0v) is 19.6. The Labute approximate surface area is 200 Å². The van der Waals surface area contributed by atoms with Gasteiger partial charge >= 0.3 is 0 Å². The molecule has 4 rings (SSSR count). The molecular weight excluding hydrogens is 459 g/mol. The van der Waals surface area contributed by atoms with Crippen LogP contribution in [0.25, 0.3) is 0 Å². The number of benzene rings is 1. The molecule has 0 spiro atoms. The van der Waals surface area contributed by atoms with Crippen LogP contribution < -0.4 is 15.5 Å². The van der Waals surface area contributed by atoms with Gasteiger partial charge in [-0.3, -0.25) is 19.9 Å². The summed E-state index contributed by atoms with van der Waals surface area (Å²) in [5, 5.41) is 7.53. The van der Waals surface area contributed by atoms with Crippen molar-refractivity contribution in [2.24, 2.45) is 0 Å². The molecule has 2 atom stereocenters. The van der Waals surface area contributed by atoms with Crippen molar-refractivity contribution in [2.75, 3.05) is 30.4 Å². The monoisotopic (exact) mass is 484 g/mol. The second-order valence-electron chi connectivity index (χ2n) is 7.98. The van der Waals surface area contributed by atoms with E-state index in [0.29, 0.717) is 23.9 Å². The summed E-state index contributed by atoms with van der Waals surface area (Å²) in [4.78, 5) is 40.0. The first-order chi connectivity index (χ1) is 16.4. The first-order valence-electron chi connectivity index (χ1n) is 10.8. The Balaban J connectivity index is 1.32. The van der Waals surface area contributed by atoms with Crippen LogP contribution in [0.2, 0.25) is 0 Å². The third kappa shape index (κ3) is 5.72. The number of aryl methyl sites for hydroxylation is 1. The van der Waals surface area contributed by atoms with Crippen molar-refractivity contribution in [3.8, 4) is 0 Å². The number of aromatic nitrogens is 3. The van der Waals surface area contributed by atoms with E-state index in [2.05, 4.69) is 30.5 Å². The summed E-state index contributed by atoms with van der Waals surface area (Å²) in [7, 11) is 1.68. The molecule has 2 aromatic heterocycles. The van der Waals surface area contributed by atoms with Crippen molar-refractivity contribution in [3.63, 3.8) is 0 Å². The van der Waals surface area contributed by atoms with Gasteiger partial charge in [0.25, 0.3) is 5.91 Å². The molecule has 1 saturated heterocycles. The summed E-state index contributed by atoms with van der Waals surface area (Å²) in [6.07, 6.45) is 4.28. The number of carbonyl (C=O) groups is 2. The standard InChI is InChI=1S/C23H25FN6O3S/c1-14-9-25-11-20(27-14)30-12-17(33-2)8-16(30)10-26-21(31)7-15-13-34-23(28-15)29-22(32)18-5-3-4-6-19(18)24/h3-6,9,11,13,16-17H,7-8,10,12H2,1-2H3,(H,26,31)(H,28,29,32)/t16-,17-/m1/s1. The fraction of sp³-hybridized carbons (Fsp3) is 0.348. The fourth-order valence-electron chi connectivity index (χ4n) is 3.82. The van der Waals surface area contributed by atoms with Gasteiger partial charge in [0.05, 0.1) is 41.7 Å². The minimum Gasteiger partial charge on any atom is -0.380 e. The maximum absolute atomic E-state index is 13.8. The molecule has 1 aliphatic heterocycles. The van der Waals surface area contributed by atoms with Gasteiger partial charge in [0.2, 0.25) is 5.91 Å². The van der Waals surface area contributed by atoms with Crippen LogP contribution in [-0.2, 0) is 16.0 Å². The number of carbonyl (C=O) groups excluding carboxylic acids is 2. The average molecular weight is 485 g/mol. The summed E-state index contributed by atoms with van der Waals surface area (Å²) in [6.45, 7) is 2.99. The molecule has 3 aromatic rings. The Morgan fingerprint density at radius 1 is 1.26 bits per heavy atom. The van der Waals surface area contributed by atoms with Gasteiger partial charge in [-0.25, -0.2) is 14.4 Å². The lowest BCUT2D eigenvalue weighted by Gasteiger charge is -2.25. The van der Waals surface area contributed by atoms with Crippen LogP contribution in [0, 0.1) is 12.7 Å². The maximum atomic E-state index is 13.8. The number of ether oxygens (including phenoxy) is 1. The van der Waals surface area contributed by atoms with E-state index in [1.54, 1.807) is 30.9 Å². The summed E-state index contributed by atoms with van der Waals surface area (Å²) < 4.78 is 19.3. The number of rotatable bonds is 8. The third-order valence-electron chi connectivity index (χ3n) is 5.51. The predicted octanol–water partition coefficient (Wildman–Crippen LogP) is 2.59. The number of thiazole rings is 1. The van der Waals surface area contributed by atoms with Gasteiger partial charge in [-0.05, 0) is 25.5 Å². The molecule has 2 amide bonds. The fourth-order valence-corrected chi connectivity index (χ4v) is 4.53. The van der Waals surface area contributed by atoms with E-state index in [1.807, 2.05) is 6.92 Å². The average Bonchev–Trinajstić information content (AvgIpc) is 3.44. The highest BCUT2D eigenvalue weighted by molar-refractivity contribution is 7.14. The molecule has 1 aliphatic rings. The summed E-state index contributed by atoms with van der Waals surface area (Å²) in [5.41, 5.74) is 1.28. The predicted molar refractivity (Wildman–Crippen MR) is 126 cm³/mol. The number of hydrogen-bond acceptors (Lipinski definition) is 8. The molecule has 1 aromatic carbocycles. The van der Waals surface area contributed by atoms with E-state index >= 15 is 0 Å². The molecule has 34 heavy (non-hydrogen) atoms. The van der Waals surface area contributed by atoms with E-state index < -0.39 is 11.7 Å². The van der Waals surface area contributed by atoms with E-state index in [1.165, 1.54) is 29.5 Å². The van der Waals surface area contributed by atoms with Gasteiger partial charge in [0, 0.05) is 31.8 Å². The van der Waals surface area contributed by atoms with E-state index in [0.717, 1.165) is 17.9 Å². The molecule has 11 heteroatoms. The SMILES string of the molecule is CO[C@@H]1C[C@H](CNC(=O)Cc2csc(NC(=O)c3ccccc3F)n2)N(c2cncc(C)n2)C1. The summed E-state index contributed by atoms with van der Waals surface area (Å²) in [6, 6.07) is 5.74. The van der Waals surface area contributed by atoms with Crippen LogP contribution in [0.5, 0.6) is 0 Å².